The third kappa shape index (κ3) is 6.30. The van der Waals surface area contributed by atoms with Crippen molar-refractivity contribution in [1.82, 2.24) is 0 Å². The first-order valence-corrected chi connectivity index (χ1v) is 10.4. The Hall–Kier alpha value is -3.91. The Morgan fingerprint density at radius 1 is 1.06 bits per heavy atom. The number of hydrogen-bond donors (Lipinski definition) is 2. The van der Waals surface area contributed by atoms with E-state index in [1.807, 2.05) is 43.3 Å². The Balaban J connectivity index is 1.64. The first kappa shape index (κ1) is 23.7. The number of anilines is 2. The molecule has 3 rings (SSSR count). The van der Waals surface area contributed by atoms with E-state index in [-0.39, 0.29) is 16.9 Å². The maximum Gasteiger partial charge on any atom is 0.338 e. The van der Waals surface area contributed by atoms with E-state index in [4.69, 9.17) is 16.3 Å². The highest BCUT2D eigenvalue weighted by atomic mass is 35.5. The fraction of sp³-hybridized carbons (Fsp3) is 0.167. The lowest BCUT2D eigenvalue weighted by Gasteiger charge is -2.12. The van der Waals surface area contributed by atoms with Crippen LogP contribution in [0.3, 0.4) is 0 Å². The lowest BCUT2D eigenvalue weighted by Crippen LogP contribution is -2.21. The zero-order valence-corrected chi connectivity index (χ0v) is 18.8. The molecule has 0 spiro atoms. The maximum absolute atomic E-state index is 12.4. The van der Waals surface area contributed by atoms with Gasteiger partial charge in [0.25, 0.3) is 11.6 Å². The molecule has 33 heavy (non-hydrogen) atoms. The van der Waals surface area contributed by atoms with Gasteiger partial charge in [0, 0.05) is 12.6 Å². The highest BCUT2D eigenvalue weighted by Crippen LogP contribution is 2.28. The SMILES string of the molecule is Cc1cc(C)c(NC(=O)COC(=O)c2ccc(NCc3ccccc3)c([N+](=O)[O-])c2)c(Cl)c1. The van der Waals surface area contributed by atoms with E-state index in [9.17, 15) is 19.7 Å². The predicted molar refractivity (Wildman–Crippen MR) is 127 cm³/mol. The van der Waals surface area contributed by atoms with Crippen molar-refractivity contribution in [3.63, 3.8) is 0 Å². The number of amides is 1. The predicted octanol–water partition coefficient (Wildman–Crippen LogP) is 5.27. The molecule has 0 fully saturated rings. The van der Waals surface area contributed by atoms with Crippen LogP contribution < -0.4 is 10.6 Å². The molecule has 2 N–H and O–H groups in total. The van der Waals surface area contributed by atoms with Crippen LogP contribution in [0.1, 0.15) is 27.0 Å². The number of benzene rings is 3. The number of nitro benzene ring substituents is 1. The average molecular weight is 468 g/mol. The minimum absolute atomic E-state index is 0.0377. The number of nitrogens with zero attached hydrogens (tertiary/aromatic N) is 1. The van der Waals surface area contributed by atoms with Crippen molar-refractivity contribution in [2.24, 2.45) is 0 Å². The number of aryl methyl sites for hydroxylation is 2. The van der Waals surface area contributed by atoms with Crippen LogP contribution in [-0.4, -0.2) is 23.4 Å². The van der Waals surface area contributed by atoms with Gasteiger partial charge >= 0.3 is 5.97 Å². The van der Waals surface area contributed by atoms with E-state index < -0.39 is 23.4 Å². The summed E-state index contributed by atoms with van der Waals surface area (Å²) < 4.78 is 5.03. The molecule has 170 valence electrons. The molecule has 0 saturated heterocycles. The van der Waals surface area contributed by atoms with Crippen molar-refractivity contribution < 1.29 is 19.2 Å². The number of rotatable bonds is 8. The van der Waals surface area contributed by atoms with E-state index in [1.165, 1.54) is 12.1 Å². The third-order valence-electron chi connectivity index (χ3n) is 4.79. The van der Waals surface area contributed by atoms with Gasteiger partial charge in [-0.3, -0.25) is 14.9 Å². The molecule has 3 aromatic carbocycles. The number of hydrogen-bond acceptors (Lipinski definition) is 6. The van der Waals surface area contributed by atoms with Gasteiger partial charge in [-0.2, -0.15) is 0 Å². The van der Waals surface area contributed by atoms with Crippen molar-refractivity contribution in [2.75, 3.05) is 17.2 Å². The van der Waals surface area contributed by atoms with Crippen LogP contribution in [0.2, 0.25) is 5.02 Å². The van der Waals surface area contributed by atoms with Gasteiger partial charge in [-0.25, -0.2) is 4.79 Å². The van der Waals surface area contributed by atoms with Crippen molar-refractivity contribution in [1.29, 1.82) is 0 Å². The van der Waals surface area contributed by atoms with Crippen molar-refractivity contribution in [2.45, 2.75) is 20.4 Å². The lowest BCUT2D eigenvalue weighted by atomic mass is 10.1. The van der Waals surface area contributed by atoms with Gasteiger partial charge < -0.3 is 15.4 Å². The Bertz CT molecular complexity index is 1170. The zero-order valence-electron chi connectivity index (χ0n) is 18.1. The molecule has 0 unspecified atom stereocenters. The highest BCUT2D eigenvalue weighted by molar-refractivity contribution is 6.34. The van der Waals surface area contributed by atoms with Gasteiger partial charge in [0.05, 0.1) is 21.2 Å². The molecule has 0 aliphatic heterocycles. The van der Waals surface area contributed by atoms with E-state index in [0.717, 1.165) is 22.8 Å². The summed E-state index contributed by atoms with van der Waals surface area (Å²) >= 11 is 6.17. The molecule has 0 saturated carbocycles. The number of carbonyl (C=O) groups is 2. The summed E-state index contributed by atoms with van der Waals surface area (Å²) in [7, 11) is 0. The second kappa shape index (κ2) is 10.6. The molecule has 0 bridgehead atoms. The maximum atomic E-state index is 12.4. The van der Waals surface area contributed by atoms with Crippen LogP contribution in [-0.2, 0) is 16.1 Å². The summed E-state index contributed by atoms with van der Waals surface area (Å²) in [6.07, 6.45) is 0. The van der Waals surface area contributed by atoms with Crippen LogP contribution in [0, 0.1) is 24.0 Å². The first-order valence-electron chi connectivity index (χ1n) is 10.0. The number of halogens is 1. The summed E-state index contributed by atoms with van der Waals surface area (Å²) in [5, 5.41) is 17.5. The summed E-state index contributed by atoms with van der Waals surface area (Å²) in [4.78, 5) is 35.5. The number of nitrogens with one attached hydrogen (secondary N) is 2. The van der Waals surface area contributed by atoms with Crippen molar-refractivity contribution >= 4 is 40.5 Å². The summed E-state index contributed by atoms with van der Waals surface area (Å²) in [6, 6.07) is 16.9. The van der Waals surface area contributed by atoms with E-state index in [2.05, 4.69) is 10.6 Å². The molecule has 9 heteroatoms. The normalized spacial score (nSPS) is 10.4. The summed E-state index contributed by atoms with van der Waals surface area (Å²) in [5.41, 5.74) is 3.07. The van der Waals surface area contributed by atoms with Crippen molar-refractivity contribution in [3.05, 3.63) is 98.1 Å². The Labute approximate surface area is 195 Å². The summed E-state index contributed by atoms with van der Waals surface area (Å²) in [6.45, 7) is 3.50. The van der Waals surface area contributed by atoms with Gasteiger partial charge in [0.15, 0.2) is 6.61 Å². The van der Waals surface area contributed by atoms with Gasteiger partial charge in [-0.1, -0.05) is 48.0 Å². The minimum Gasteiger partial charge on any atom is -0.452 e. The monoisotopic (exact) mass is 467 g/mol. The molecule has 0 aromatic heterocycles. The molecular formula is C24H22ClN3O5. The van der Waals surface area contributed by atoms with Gasteiger partial charge in [0.2, 0.25) is 0 Å². The van der Waals surface area contributed by atoms with E-state index in [0.29, 0.717) is 17.3 Å². The van der Waals surface area contributed by atoms with Crippen molar-refractivity contribution in [3.8, 4) is 0 Å². The fourth-order valence-electron chi connectivity index (χ4n) is 3.22. The molecular weight excluding hydrogens is 446 g/mol. The fourth-order valence-corrected chi connectivity index (χ4v) is 3.58. The standard InChI is InChI=1S/C24H22ClN3O5/c1-15-10-16(2)23(19(25)11-15)27-22(29)14-33-24(30)18-8-9-20(21(12-18)28(31)32)26-13-17-6-4-3-5-7-17/h3-12,26H,13-14H2,1-2H3,(H,27,29). The summed E-state index contributed by atoms with van der Waals surface area (Å²) in [5.74, 6) is -1.43. The van der Waals surface area contributed by atoms with Crippen LogP contribution in [0.4, 0.5) is 17.1 Å². The number of esters is 1. The second-order valence-corrected chi connectivity index (χ2v) is 7.80. The average Bonchev–Trinajstić information content (AvgIpc) is 2.79. The largest absolute Gasteiger partial charge is 0.452 e. The highest BCUT2D eigenvalue weighted by Gasteiger charge is 2.19. The van der Waals surface area contributed by atoms with Crippen LogP contribution in [0.5, 0.6) is 0 Å². The molecule has 0 radical (unpaired) electrons. The molecule has 1 amide bonds. The second-order valence-electron chi connectivity index (χ2n) is 7.39. The van der Waals surface area contributed by atoms with E-state index in [1.54, 1.807) is 13.0 Å². The smallest absolute Gasteiger partial charge is 0.338 e. The van der Waals surface area contributed by atoms with Gasteiger partial charge in [-0.05, 0) is 48.7 Å². The molecule has 0 heterocycles. The molecule has 8 nitrogen and oxygen atoms in total. The minimum atomic E-state index is -0.852. The number of ether oxygens (including phenoxy) is 1. The lowest BCUT2D eigenvalue weighted by molar-refractivity contribution is -0.384. The Morgan fingerprint density at radius 2 is 1.79 bits per heavy atom. The zero-order chi connectivity index (χ0) is 24.0. The molecule has 3 aromatic rings. The van der Waals surface area contributed by atoms with Gasteiger partial charge in [0.1, 0.15) is 5.69 Å². The van der Waals surface area contributed by atoms with Gasteiger partial charge in [-0.15, -0.1) is 0 Å². The molecule has 0 atom stereocenters. The topological polar surface area (TPSA) is 111 Å². The quantitative estimate of drug-likeness (QED) is 0.265. The van der Waals surface area contributed by atoms with Crippen LogP contribution in [0.25, 0.3) is 0 Å². The van der Waals surface area contributed by atoms with E-state index >= 15 is 0 Å². The number of carbonyl (C=O) groups excluding carboxylic acids is 2. The van der Waals surface area contributed by atoms with Crippen LogP contribution in [0.15, 0.2) is 60.7 Å². The Morgan fingerprint density at radius 3 is 2.45 bits per heavy atom. The van der Waals surface area contributed by atoms with Crippen LogP contribution >= 0.6 is 11.6 Å². The molecule has 0 aliphatic carbocycles. The Kier molecular flexibility index (Phi) is 7.63. The molecule has 0 aliphatic rings. The first-order chi connectivity index (χ1) is 15.7. The number of nitro groups is 1. The third-order valence-corrected chi connectivity index (χ3v) is 5.08.